The van der Waals surface area contributed by atoms with E-state index < -0.39 is 0 Å². The second-order valence-electron chi connectivity index (χ2n) is 4.49. The minimum Gasteiger partial charge on any atom is -0.494 e. The van der Waals surface area contributed by atoms with Crippen LogP contribution in [0.15, 0.2) is 48.5 Å². The van der Waals surface area contributed by atoms with E-state index in [9.17, 15) is 0 Å². The maximum atomic E-state index is 5.40. The van der Waals surface area contributed by atoms with E-state index in [1.54, 1.807) is 0 Å². The molecule has 2 rings (SSSR count). The summed E-state index contributed by atoms with van der Waals surface area (Å²) in [7, 11) is 0. The van der Waals surface area contributed by atoms with Gasteiger partial charge in [-0.3, -0.25) is 0 Å². The molecule has 4 nitrogen and oxygen atoms in total. The first-order chi connectivity index (χ1) is 10.7. The third kappa shape index (κ3) is 10.1. The molecule has 0 atom stereocenters. The van der Waals surface area contributed by atoms with E-state index in [1.807, 2.05) is 62.4 Å². The van der Waals surface area contributed by atoms with Gasteiger partial charge in [0.25, 0.3) is 0 Å². The second-order valence-corrected chi connectivity index (χ2v) is 4.90. The number of anilines is 2. The van der Waals surface area contributed by atoms with Crippen molar-refractivity contribution in [3.05, 3.63) is 48.5 Å². The highest BCUT2D eigenvalue weighted by molar-refractivity contribution is 7.80. The molecule has 0 bridgehead atoms. The monoisotopic (exact) mass is 456 g/mol. The third-order valence-corrected chi connectivity index (χ3v) is 3.05. The lowest BCUT2D eigenvalue weighted by Gasteiger charge is -2.12. The van der Waals surface area contributed by atoms with Gasteiger partial charge in [-0.1, -0.05) is 0 Å². The van der Waals surface area contributed by atoms with Crippen LogP contribution in [0.3, 0.4) is 0 Å². The van der Waals surface area contributed by atoms with Crippen molar-refractivity contribution in [3.8, 4) is 11.5 Å². The number of halogens is 3. The molecule has 0 unspecified atom stereocenters. The summed E-state index contributed by atoms with van der Waals surface area (Å²) in [6.07, 6.45) is 0. The lowest BCUT2D eigenvalue weighted by molar-refractivity contribution is 0.340. The third-order valence-electron chi connectivity index (χ3n) is 2.85. The van der Waals surface area contributed by atoms with Crippen LogP contribution in [-0.4, -0.2) is 29.3 Å². The Labute approximate surface area is 183 Å². The fourth-order valence-electron chi connectivity index (χ4n) is 1.90. The van der Waals surface area contributed by atoms with Gasteiger partial charge in [-0.15, -0.1) is 37.2 Å². The molecule has 0 saturated heterocycles. The van der Waals surface area contributed by atoms with Crippen LogP contribution >= 0.6 is 49.4 Å². The fourth-order valence-corrected chi connectivity index (χ4v) is 2.13. The fraction of sp³-hybridized carbons (Fsp3) is 0.235. The number of nitrogens with one attached hydrogen (secondary N) is 2. The first-order valence-corrected chi connectivity index (χ1v) is 7.65. The largest absolute Gasteiger partial charge is 0.494 e. The molecular formula is C17H27Cl3N2O2SSi. The number of benzene rings is 2. The maximum Gasteiger partial charge on any atom is 0.175 e. The van der Waals surface area contributed by atoms with E-state index in [1.165, 1.54) is 0 Å². The molecule has 2 aromatic rings. The SMILES string of the molecule is CCOc1ccc(NC(=S)Nc2ccc(OCC)cc2)cc1.Cl.Cl.Cl.[SiH4]. The molecule has 2 aromatic carbocycles. The summed E-state index contributed by atoms with van der Waals surface area (Å²) >= 11 is 5.30. The number of thiocarbonyl (C=S) groups is 1. The van der Waals surface area contributed by atoms with E-state index in [0.717, 1.165) is 22.9 Å². The summed E-state index contributed by atoms with van der Waals surface area (Å²) in [5, 5.41) is 6.80. The molecule has 2 N–H and O–H groups in total. The first kappa shape index (κ1) is 29.6. The average molecular weight is 458 g/mol. The molecule has 0 aliphatic carbocycles. The Morgan fingerprint density at radius 2 is 1.04 bits per heavy atom. The summed E-state index contributed by atoms with van der Waals surface area (Å²) in [6.45, 7) is 5.24. The second kappa shape index (κ2) is 16.0. The summed E-state index contributed by atoms with van der Waals surface area (Å²) in [5.41, 5.74) is 1.82. The highest BCUT2D eigenvalue weighted by Gasteiger charge is 2.00. The van der Waals surface area contributed by atoms with Crippen LogP contribution in [-0.2, 0) is 0 Å². The van der Waals surface area contributed by atoms with Crippen LogP contribution in [0, 0.1) is 0 Å². The topological polar surface area (TPSA) is 42.5 Å². The molecule has 0 heterocycles. The molecule has 0 radical (unpaired) electrons. The average Bonchev–Trinajstić information content (AvgIpc) is 2.52. The van der Waals surface area contributed by atoms with E-state index in [0.29, 0.717) is 18.3 Å². The molecule has 0 saturated carbocycles. The van der Waals surface area contributed by atoms with Crippen molar-refractivity contribution < 1.29 is 9.47 Å². The molecule has 9 heteroatoms. The van der Waals surface area contributed by atoms with Crippen molar-refractivity contribution in [3.63, 3.8) is 0 Å². The zero-order valence-electron chi connectivity index (χ0n) is 14.0. The number of hydrogen-bond donors (Lipinski definition) is 2. The number of ether oxygens (including phenoxy) is 2. The van der Waals surface area contributed by atoms with Gasteiger partial charge in [-0.2, -0.15) is 0 Å². The lowest BCUT2D eigenvalue weighted by Crippen LogP contribution is -2.18. The number of hydrogen-bond acceptors (Lipinski definition) is 3. The summed E-state index contributed by atoms with van der Waals surface area (Å²) in [6, 6.07) is 15.3. The van der Waals surface area contributed by atoms with Gasteiger partial charge in [0.2, 0.25) is 0 Å². The van der Waals surface area contributed by atoms with Crippen LogP contribution in [0.25, 0.3) is 0 Å². The minimum absolute atomic E-state index is 0. The minimum atomic E-state index is 0. The van der Waals surface area contributed by atoms with Crippen LogP contribution in [0.4, 0.5) is 11.4 Å². The molecule has 0 amide bonds. The highest BCUT2D eigenvalue weighted by Crippen LogP contribution is 2.18. The van der Waals surface area contributed by atoms with Gasteiger partial charge >= 0.3 is 0 Å². The van der Waals surface area contributed by atoms with Crippen LogP contribution < -0.4 is 20.1 Å². The van der Waals surface area contributed by atoms with E-state index >= 15 is 0 Å². The van der Waals surface area contributed by atoms with Crippen molar-refractivity contribution in [1.29, 1.82) is 0 Å². The summed E-state index contributed by atoms with van der Waals surface area (Å²) < 4.78 is 10.8. The van der Waals surface area contributed by atoms with Gasteiger partial charge in [0.1, 0.15) is 11.5 Å². The smallest absolute Gasteiger partial charge is 0.175 e. The van der Waals surface area contributed by atoms with Crippen molar-refractivity contribution in [2.45, 2.75) is 13.8 Å². The van der Waals surface area contributed by atoms with Gasteiger partial charge in [0.05, 0.1) is 13.2 Å². The molecule has 0 aromatic heterocycles. The zero-order valence-corrected chi connectivity index (χ0v) is 17.2. The normalized spacial score (nSPS) is 8.38. The molecule has 148 valence electrons. The van der Waals surface area contributed by atoms with Gasteiger partial charge in [-0.25, -0.2) is 0 Å². The van der Waals surface area contributed by atoms with Crippen LogP contribution in [0.2, 0.25) is 0 Å². The zero-order chi connectivity index (χ0) is 15.8. The number of rotatable bonds is 6. The Balaban J connectivity index is -0.00000132. The molecule has 26 heavy (non-hydrogen) atoms. The Morgan fingerprint density at radius 1 is 0.731 bits per heavy atom. The molecule has 0 aliphatic rings. The molecular weight excluding hydrogens is 431 g/mol. The van der Waals surface area contributed by atoms with E-state index in [-0.39, 0.29) is 48.2 Å². The van der Waals surface area contributed by atoms with Gasteiger partial charge < -0.3 is 20.1 Å². The van der Waals surface area contributed by atoms with Crippen LogP contribution in [0.1, 0.15) is 13.8 Å². The van der Waals surface area contributed by atoms with Crippen LogP contribution in [0.5, 0.6) is 11.5 Å². The van der Waals surface area contributed by atoms with Crippen molar-refractivity contribution >= 4 is 76.9 Å². The Hall–Kier alpha value is -1.18. The standard InChI is InChI=1S/C17H20N2O2S.3ClH.H4Si/c1-3-20-15-9-5-13(6-10-15)18-17(22)19-14-7-11-16(12-8-14)21-4-2;;;;/h5-12H,3-4H2,1-2H3,(H2,18,19,22);3*1H;1H4. The highest BCUT2D eigenvalue weighted by atomic mass is 35.5. The summed E-state index contributed by atoms with van der Waals surface area (Å²) in [4.78, 5) is 0. The van der Waals surface area contributed by atoms with Gasteiger partial charge in [0, 0.05) is 11.4 Å². The summed E-state index contributed by atoms with van der Waals surface area (Å²) in [5.74, 6) is 1.69. The molecule has 0 fully saturated rings. The van der Waals surface area contributed by atoms with E-state index in [4.69, 9.17) is 21.7 Å². The Bertz CT molecular complexity index is 563. The lowest BCUT2D eigenvalue weighted by atomic mass is 10.3. The van der Waals surface area contributed by atoms with Crippen molar-refractivity contribution in [2.24, 2.45) is 0 Å². The Kier molecular flexibility index (Phi) is 18.2. The predicted octanol–water partition coefficient (Wildman–Crippen LogP) is 4.11. The predicted molar refractivity (Wildman–Crippen MR) is 128 cm³/mol. The van der Waals surface area contributed by atoms with E-state index in [2.05, 4.69) is 10.6 Å². The molecule has 0 spiro atoms. The Morgan fingerprint density at radius 3 is 1.31 bits per heavy atom. The first-order valence-electron chi connectivity index (χ1n) is 7.25. The van der Waals surface area contributed by atoms with Crippen molar-refractivity contribution in [2.75, 3.05) is 23.8 Å². The maximum absolute atomic E-state index is 5.40. The van der Waals surface area contributed by atoms with Gasteiger partial charge in [-0.05, 0) is 85.6 Å². The molecule has 0 aliphatic heterocycles. The quantitative estimate of drug-likeness (QED) is 0.505. The van der Waals surface area contributed by atoms with Crippen molar-refractivity contribution in [1.82, 2.24) is 0 Å². The van der Waals surface area contributed by atoms with Gasteiger partial charge in [0.15, 0.2) is 5.11 Å².